The first kappa shape index (κ1) is 8.74. The van der Waals surface area contributed by atoms with Crippen LogP contribution in [0.1, 0.15) is 11.5 Å². The summed E-state index contributed by atoms with van der Waals surface area (Å²) in [5, 5.41) is 8.86. The highest BCUT2D eigenvalue weighted by atomic mass is 16.5. The normalized spacial score (nSPS) is 17.9. The zero-order chi connectivity index (χ0) is 10.1. The first-order chi connectivity index (χ1) is 6.72. The Balaban J connectivity index is 2.43. The van der Waals surface area contributed by atoms with Crippen LogP contribution in [-0.4, -0.2) is 24.4 Å². The van der Waals surface area contributed by atoms with E-state index in [1.54, 1.807) is 25.3 Å². The summed E-state index contributed by atoms with van der Waals surface area (Å²) < 4.78 is 5.01. The highest BCUT2D eigenvalue weighted by Gasteiger charge is 2.25. The molecule has 0 amide bonds. The van der Waals surface area contributed by atoms with Crippen molar-refractivity contribution in [3.05, 3.63) is 23.8 Å². The SMILES string of the molecule is COc1ccc2c(c1)N=C[C@@H]2C(=O)O. The minimum Gasteiger partial charge on any atom is -0.497 e. The standard InChI is InChI=1S/C10H9NO3/c1-14-6-2-3-7-8(10(12)13)5-11-9(7)4-6/h2-5,8H,1H3,(H,12,13)/t8-/m0/s1. The van der Waals surface area contributed by atoms with E-state index in [2.05, 4.69) is 4.99 Å². The van der Waals surface area contributed by atoms with Crippen LogP contribution in [0.25, 0.3) is 0 Å². The van der Waals surface area contributed by atoms with Crippen LogP contribution in [0.15, 0.2) is 23.2 Å². The predicted molar refractivity (Wildman–Crippen MR) is 51.5 cm³/mol. The molecule has 0 aromatic heterocycles. The second-order valence-corrected chi connectivity index (χ2v) is 3.02. The molecule has 4 nitrogen and oxygen atoms in total. The molecule has 1 atom stereocenters. The van der Waals surface area contributed by atoms with Gasteiger partial charge in [-0.15, -0.1) is 0 Å². The van der Waals surface area contributed by atoms with E-state index in [1.165, 1.54) is 6.21 Å². The van der Waals surface area contributed by atoms with Gasteiger partial charge in [-0.3, -0.25) is 9.79 Å². The summed E-state index contributed by atoms with van der Waals surface area (Å²) in [6.07, 6.45) is 1.44. The molecule has 4 heteroatoms. The lowest BCUT2D eigenvalue weighted by Gasteiger charge is -2.05. The summed E-state index contributed by atoms with van der Waals surface area (Å²) in [6, 6.07) is 5.21. The van der Waals surface area contributed by atoms with Crippen LogP contribution in [0.2, 0.25) is 0 Å². The Kier molecular flexibility index (Phi) is 1.96. The van der Waals surface area contributed by atoms with Gasteiger partial charge in [0, 0.05) is 12.3 Å². The number of aliphatic imine (C=N–C) groups is 1. The van der Waals surface area contributed by atoms with E-state index < -0.39 is 11.9 Å². The van der Waals surface area contributed by atoms with E-state index in [-0.39, 0.29) is 0 Å². The molecule has 0 saturated heterocycles. The Hall–Kier alpha value is -1.84. The number of aliphatic carboxylic acids is 1. The number of carboxylic acid groups (broad SMARTS) is 1. The lowest BCUT2D eigenvalue weighted by Crippen LogP contribution is -2.09. The molecule has 14 heavy (non-hydrogen) atoms. The summed E-state index contributed by atoms with van der Waals surface area (Å²) in [6.45, 7) is 0. The second-order valence-electron chi connectivity index (χ2n) is 3.02. The summed E-state index contributed by atoms with van der Waals surface area (Å²) in [5.41, 5.74) is 1.40. The number of nitrogens with zero attached hydrogens (tertiary/aromatic N) is 1. The smallest absolute Gasteiger partial charge is 0.316 e. The summed E-state index contributed by atoms with van der Waals surface area (Å²) >= 11 is 0. The third kappa shape index (κ3) is 1.25. The number of methoxy groups -OCH3 is 1. The van der Waals surface area contributed by atoms with Crippen molar-refractivity contribution in [3.8, 4) is 5.75 Å². The average molecular weight is 191 g/mol. The molecule has 1 aliphatic rings. The second kappa shape index (κ2) is 3.14. The van der Waals surface area contributed by atoms with Crippen LogP contribution in [0.4, 0.5) is 5.69 Å². The van der Waals surface area contributed by atoms with Crippen molar-refractivity contribution in [2.45, 2.75) is 5.92 Å². The number of hydrogen-bond donors (Lipinski definition) is 1. The predicted octanol–water partition coefficient (Wildman–Crippen LogP) is 1.58. The molecule has 0 unspecified atom stereocenters. The molecule has 2 rings (SSSR count). The molecule has 72 valence electrons. The lowest BCUT2D eigenvalue weighted by molar-refractivity contribution is -0.136. The first-order valence-electron chi connectivity index (χ1n) is 4.17. The van der Waals surface area contributed by atoms with Gasteiger partial charge in [-0.1, -0.05) is 6.07 Å². The van der Waals surface area contributed by atoms with Crippen LogP contribution in [0.3, 0.4) is 0 Å². The van der Waals surface area contributed by atoms with E-state index >= 15 is 0 Å². The fourth-order valence-corrected chi connectivity index (χ4v) is 1.46. The molecule has 0 fully saturated rings. The van der Waals surface area contributed by atoms with Gasteiger partial charge >= 0.3 is 5.97 Å². The summed E-state index contributed by atoms with van der Waals surface area (Å²) in [5.74, 6) is -0.805. The topological polar surface area (TPSA) is 58.9 Å². The van der Waals surface area contributed by atoms with E-state index in [4.69, 9.17) is 9.84 Å². The first-order valence-corrected chi connectivity index (χ1v) is 4.17. The fraction of sp³-hybridized carbons (Fsp3) is 0.200. The largest absolute Gasteiger partial charge is 0.497 e. The quantitative estimate of drug-likeness (QED) is 0.772. The van der Waals surface area contributed by atoms with Crippen molar-refractivity contribution >= 4 is 17.9 Å². The molecule has 1 N–H and O–H groups in total. The Morgan fingerprint density at radius 1 is 1.57 bits per heavy atom. The van der Waals surface area contributed by atoms with Crippen molar-refractivity contribution < 1.29 is 14.6 Å². The van der Waals surface area contributed by atoms with Gasteiger partial charge in [0.1, 0.15) is 11.7 Å². The van der Waals surface area contributed by atoms with Crippen molar-refractivity contribution in [2.24, 2.45) is 4.99 Å². The van der Waals surface area contributed by atoms with E-state index in [1.807, 2.05) is 0 Å². The number of rotatable bonds is 2. The van der Waals surface area contributed by atoms with Gasteiger partial charge in [-0.25, -0.2) is 0 Å². The van der Waals surface area contributed by atoms with Gasteiger partial charge in [-0.05, 0) is 11.6 Å². The highest BCUT2D eigenvalue weighted by Crippen LogP contribution is 2.34. The summed E-state index contributed by atoms with van der Waals surface area (Å²) in [7, 11) is 1.56. The Morgan fingerprint density at radius 3 is 3.00 bits per heavy atom. The average Bonchev–Trinajstić information content (AvgIpc) is 2.59. The number of benzene rings is 1. The minimum absolute atomic E-state index is 0.615. The Morgan fingerprint density at radius 2 is 2.36 bits per heavy atom. The minimum atomic E-state index is -0.877. The third-order valence-corrected chi connectivity index (χ3v) is 2.20. The van der Waals surface area contributed by atoms with Gasteiger partial charge in [0.25, 0.3) is 0 Å². The zero-order valence-corrected chi connectivity index (χ0v) is 7.60. The molecule has 1 heterocycles. The lowest BCUT2D eigenvalue weighted by atomic mass is 10.0. The number of fused-ring (bicyclic) bond motifs is 1. The van der Waals surface area contributed by atoms with E-state index in [0.29, 0.717) is 11.4 Å². The monoisotopic (exact) mass is 191 g/mol. The van der Waals surface area contributed by atoms with Crippen molar-refractivity contribution in [2.75, 3.05) is 7.11 Å². The molecule has 0 aliphatic carbocycles. The summed E-state index contributed by atoms with van der Waals surface area (Å²) in [4.78, 5) is 14.8. The number of carboxylic acids is 1. The van der Waals surface area contributed by atoms with Gasteiger partial charge < -0.3 is 9.84 Å². The maximum atomic E-state index is 10.8. The number of hydrogen-bond acceptors (Lipinski definition) is 3. The molecule has 0 bridgehead atoms. The number of carbonyl (C=O) groups is 1. The van der Waals surface area contributed by atoms with Gasteiger partial charge in [0.05, 0.1) is 12.8 Å². The van der Waals surface area contributed by atoms with Crippen LogP contribution in [0, 0.1) is 0 Å². The molecule has 1 aromatic rings. The van der Waals surface area contributed by atoms with E-state index in [9.17, 15) is 4.79 Å². The fourth-order valence-electron chi connectivity index (χ4n) is 1.46. The van der Waals surface area contributed by atoms with Gasteiger partial charge in [0.2, 0.25) is 0 Å². The molecule has 0 radical (unpaired) electrons. The van der Waals surface area contributed by atoms with Gasteiger partial charge in [0.15, 0.2) is 0 Å². The molecule has 1 aliphatic heterocycles. The maximum absolute atomic E-state index is 10.8. The van der Waals surface area contributed by atoms with Gasteiger partial charge in [-0.2, -0.15) is 0 Å². The van der Waals surface area contributed by atoms with Crippen molar-refractivity contribution in [1.29, 1.82) is 0 Å². The molecule has 1 aromatic carbocycles. The molecular formula is C10H9NO3. The van der Waals surface area contributed by atoms with Crippen LogP contribution in [0.5, 0.6) is 5.75 Å². The van der Waals surface area contributed by atoms with Crippen molar-refractivity contribution in [3.63, 3.8) is 0 Å². The van der Waals surface area contributed by atoms with Crippen LogP contribution < -0.4 is 4.74 Å². The third-order valence-electron chi connectivity index (χ3n) is 2.20. The molecular weight excluding hydrogens is 182 g/mol. The molecule has 0 saturated carbocycles. The Bertz CT molecular complexity index is 412. The Labute approximate surface area is 80.8 Å². The van der Waals surface area contributed by atoms with E-state index in [0.717, 1.165) is 5.56 Å². The van der Waals surface area contributed by atoms with Crippen LogP contribution in [-0.2, 0) is 4.79 Å². The van der Waals surface area contributed by atoms with Crippen LogP contribution >= 0.6 is 0 Å². The van der Waals surface area contributed by atoms with Crippen molar-refractivity contribution in [1.82, 2.24) is 0 Å². The number of ether oxygens (including phenoxy) is 1. The maximum Gasteiger partial charge on any atom is 0.316 e. The highest BCUT2D eigenvalue weighted by molar-refractivity contribution is 6.00. The zero-order valence-electron chi connectivity index (χ0n) is 7.60. The molecule has 0 spiro atoms.